The number of carbonyl (C=O) groups is 1. The summed E-state index contributed by atoms with van der Waals surface area (Å²) >= 11 is 0. The first-order valence-electron chi connectivity index (χ1n) is 16.7. The fraction of sp³-hybridized carbons (Fsp3) is 0.788. The highest BCUT2D eigenvalue weighted by atomic mass is 31.2. The molecule has 1 aliphatic heterocycles. The number of esters is 1. The summed E-state index contributed by atoms with van der Waals surface area (Å²) in [4.78, 5) is 12.6. The van der Waals surface area contributed by atoms with Crippen molar-refractivity contribution in [2.24, 2.45) is 0 Å². The zero-order valence-corrected chi connectivity index (χ0v) is 27.0. The molecular weight excluding hydrogens is 553 g/mol. The van der Waals surface area contributed by atoms with Gasteiger partial charge in [-0.15, -0.1) is 0 Å². The van der Waals surface area contributed by atoms with Gasteiger partial charge in [-0.3, -0.25) is 13.8 Å². The van der Waals surface area contributed by atoms with Crippen LogP contribution in [0.5, 0.6) is 0 Å². The van der Waals surface area contributed by atoms with Gasteiger partial charge in [-0.25, -0.2) is 9.65 Å². The molecule has 0 spiro atoms. The van der Waals surface area contributed by atoms with E-state index in [4.69, 9.17) is 18.5 Å². The molecule has 1 aromatic rings. The van der Waals surface area contributed by atoms with Gasteiger partial charge in [0.15, 0.2) is 0 Å². The Morgan fingerprint density at radius 3 is 1.86 bits per heavy atom. The monoisotopic (exact) mass is 611 g/mol. The molecule has 1 aliphatic rings. The Kier molecular flexibility index (Phi) is 21.2. The lowest BCUT2D eigenvalue weighted by Gasteiger charge is -2.27. The van der Waals surface area contributed by atoms with Crippen molar-refractivity contribution >= 4 is 13.7 Å². The summed E-state index contributed by atoms with van der Waals surface area (Å²) < 4.78 is 34.8. The number of aliphatic hydroxyl groups is 1. The standard InChI is InChI=1S/C33H58NO7P/c1-2-3-4-5-6-7-8-9-10-11-12-13-14-15-16-17-18-22-25-32(36)40-33(41-42(37)34-26-27-39-42)31(28-35)38-29-30-23-20-19-21-24-30/h19-21,23-24,31,33,35H,2-18,22,25-29H2,1H3,(H,34,37). The number of hydrogen-bond donors (Lipinski definition) is 2. The second-order valence-corrected chi connectivity index (χ2v) is 13.3. The molecule has 8 nitrogen and oxygen atoms in total. The summed E-state index contributed by atoms with van der Waals surface area (Å²) in [6.07, 6.45) is 21.0. The minimum Gasteiger partial charge on any atom is -0.432 e. The summed E-state index contributed by atoms with van der Waals surface area (Å²) in [5.74, 6) is -0.468. The molecule has 2 rings (SSSR count). The van der Waals surface area contributed by atoms with Crippen LogP contribution >= 0.6 is 7.75 Å². The average molecular weight is 612 g/mol. The van der Waals surface area contributed by atoms with Crippen LogP contribution in [0, 0.1) is 0 Å². The maximum atomic E-state index is 12.7. The molecule has 1 heterocycles. The van der Waals surface area contributed by atoms with Crippen molar-refractivity contribution in [2.45, 2.75) is 148 Å². The lowest BCUT2D eigenvalue weighted by atomic mass is 10.0. The smallest absolute Gasteiger partial charge is 0.408 e. The quantitative estimate of drug-likeness (QED) is 0.0441. The van der Waals surface area contributed by atoms with Gasteiger partial charge in [-0.2, -0.15) is 0 Å². The van der Waals surface area contributed by atoms with E-state index in [0.717, 1.165) is 18.4 Å². The van der Waals surface area contributed by atoms with Crippen molar-refractivity contribution in [3.63, 3.8) is 0 Å². The number of ether oxygens (including phenoxy) is 2. The van der Waals surface area contributed by atoms with E-state index in [0.29, 0.717) is 13.0 Å². The van der Waals surface area contributed by atoms with E-state index in [1.807, 2.05) is 30.3 Å². The molecule has 0 bridgehead atoms. The van der Waals surface area contributed by atoms with Crippen LogP contribution in [0.2, 0.25) is 0 Å². The Balaban J connectivity index is 1.53. The van der Waals surface area contributed by atoms with Crippen molar-refractivity contribution in [1.29, 1.82) is 0 Å². The zero-order valence-electron chi connectivity index (χ0n) is 26.1. The van der Waals surface area contributed by atoms with Crippen LogP contribution in [0.25, 0.3) is 0 Å². The number of hydrogen-bond acceptors (Lipinski definition) is 7. The van der Waals surface area contributed by atoms with Gasteiger partial charge in [0.25, 0.3) is 0 Å². The van der Waals surface area contributed by atoms with Gasteiger partial charge < -0.3 is 14.6 Å². The minimum atomic E-state index is -3.63. The summed E-state index contributed by atoms with van der Waals surface area (Å²) in [5, 5.41) is 12.6. The third-order valence-electron chi connectivity index (χ3n) is 7.68. The van der Waals surface area contributed by atoms with Crippen molar-refractivity contribution in [3.05, 3.63) is 35.9 Å². The summed E-state index contributed by atoms with van der Waals surface area (Å²) in [5.41, 5.74) is 0.890. The largest absolute Gasteiger partial charge is 0.432 e. The maximum Gasteiger partial charge on any atom is 0.408 e. The Bertz CT molecular complexity index is 831. The van der Waals surface area contributed by atoms with E-state index in [-0.39, 0.29) is 19.6 Å². The van der Waals surface area contributed by atoms with Crippen LogP contribution in [-0.4, -0.2) is 43.2 Å². The Labute approximate surface area is 255 Å². The van der Waals surface area contributed by atoms with Gasteiger partial charge in [0.2, 0.25) is 6.29 Å². The van der Waals surface area contributed by atoms with E-state index in [1.54, 1.807) is 0 Å². The number of rotatable bonds is 27. The molecule has 0 amide bonds. The van der Waals surface area contributed by atoms with E-state index in [1.165, 1.54) is 96.3 Å². The molecule has 42 heavy (non-hydrogen) atoms. The summed E-state index contributed by atoms with van der Waals surface area (Å²) in [6.45, 7) is 2.58. The molecule has 3 atom stereocenters. The highest BCUT2D eigenvalue weighted by Crippen LogP contribution is 2.48. The van der Waals surface area contributed by atoms with E-state index in [2.05, 4.69) is 12.0 Å². The molecule has 0 aliphatic carbocycles. The van der Waals surface area contributed by atoms with Crippen LogP contribution in [-0.2, 0) is 34.5 Å². The predicted octanol–water partition coefficient (Wildman–Crippen LogP) is 8.61. The molecule has 1 saturated heterocycles. The molecule has 0 saturated carbocycles. The normalized spacial score (nSPS) is 18.2. The second kappa shape index (κ2) is 24.1. The highest BCUT2D eigenvalue weighted by Gasteiger charge is 2.38. The molecule has 1 fully saturated rings. The molecule has 9 heteroatoms. The number of aliphatic hydroxyl groups excluding tert-OH is 1. The fourth-order valence-electron chi connectivity index (χ4n) is 5.12. The first-order valence-corrected chi connectivity index (χ1v) is 18.2. The van der Waals surface area contributed by atoms with Gasteiger partial charge in [0.1, 0.15) is 6.10 Å². The van der Waals surface area contributed by atoms with Crippen LogP contribution in [0.3, 0.4) is 0 Å². The second-order valence-electron chi connectivity index (χ2n) is 11.5. The highest BCUT2D eigenvalue weighted by molar-refractivity contribution is 7.51. The molecule has 0 radical (unpaired) electrons. The molecule has 242 valence electrons. The van der Waals surface area contributed by atoms with Gasteiger partial charge in [-0.05, 0) is 12.0 Å². The van der Waals surface area contributed by atoms with E-state index in [9.17, 15) is 14.5 Å². The Morgan fingerprint density at radius 1 is 0.857 bits per heavy atom. The first-order chi connectivity index (χ1) is 20.6. The van der Waals surface area contributed by atoms with E-state index >= 15 is 0 Å². The SMILES string of the molecule is CCCCCCCCCCCCCCCCCCCCC(=O)OC(OP1(=O)NCCO1)C(CO)OCc1ccccc1. The number of unbranched alkanes of at least 4 members (excludes halogenated alkanes) is 17. The van der Waals surface area contributed by atoms with Crippen molar-refractivity contribution < 1.29 is 33.0 Å². The van der Waals surface area contributed by atoms with E-state index < -0.39 is 32.7 Å². The van der Waals surface area contributed by atoms with Gasteiger partial charge in [0.05, 0.1) is 19.8 Å². The van der Waals surface area contributed by atoms with Gasteiger partial charge in [-0.1, -0.05) is 146 Å². The third kappa shape index (κ3) is 17.7. The van der Waals surface area contributed by atoms with Gasteiger partial charge in [0, 0.05) is 13.0 Å². The van der Waals surface area contributed by atoms with Crippen molar-refractivity contribution in [3.8, 4) is 0 Å². The predicted molar refractivity (Wildman–Crippen MR) is 168 cm³/mol. The molecule has 2 N–H and O–H groups in total. The van der Waals surface area contributed by atoms with Crippen molar-refractivity contribution in [1.82, 2.24) is 5.09 Å². The van der Waals surface area contributed by atoms with Crippen LogP contribution < -0.4 is 5.09 Å². The van der Waals surface area contributed by atoms with Crippen molar-refractivity contribution in [2.75, 3.05) is 19.8 Å². The number of nitrogens with one attached hydrogen (secondary N) is 1. The molecule has 3 unspecified atom stereocenters. The third-order valence-corrected chi connectivity index (χ3v) is 9.30. The lowest BCUT2D eigenvalue weighted by molar-refractivity contribution is -0.194. The maximum absolute atomic E-state index is 12.7. The first kappa shape index (κ1) is 36.9. The Hall–Kier alpha value is -1.28. The molecule has 1 aromatic carbocycles. The van der Waals surface area contributed by atoms with Crippen LogP contribution in [0.4, 0.5) is 0 Å². The minimum absolute atomic E-state index is 0.182. The topological polar surface area (TPSA) is 103 Å². The zero-order chi connectivity index (χ0) is 30.1. The molecule has 0 aromatic heterocycles. The average Bonchev–Trinajstić information content (AvgIpc) is 3.43. The number of benzene rings is 1. The lowest BCUT2D eigenvalue weighted by Crippen LogP contribution is -2.38. The summed E-state index contributed by atoms with van der Waals surface area (Å²) in [6, 6.07) is 9.44. The van der Waals surface area contributed by atoms with Crippen LogP contribution in [0.15, 0.2) is 30.3 Å². The van der Waals surface area contributed by atoms with Crippen LogP contribution in [0.1, 0.15) is 134 Å². The summed E-state index contributed by atoms with van der Waals surface area (Å²) in [7, 11) is -3.63. The molecular formula is C33H58NO7P. The number of carbonyl (C=O) groups excluding carboxylic acids is 1. The fourth-order valence-corrected chi connectivity index (χ4v) is 6.49. The van der Waals surface area contributed by atoms with Gasteiger partial charge >= 0.3 is 13.7 Å². The Morgan fingerprint density at radius 2 is 1.38 bits per heavy atom.